The molecule has 0 radical (unpaired) electrons. The van der Waals surface area contributed by atoms with Crippen LogP contribution in [0.3, 0.4) is 0 Å². The number of amides is 2. The van der Waals surface area contributed by atoms with Gasteiger partial charge in [-0.05, 0) is 26.8 Å². The first-order valence-corrected chi connectivity index (χ1v) is 8.29. The molecule has 1 aromatic rings. The van der Waals surface area contributed by atoms with Crippen LogP contribution in [0.1, 0.15) is 37.6 Å². The van der Waals surface area contributed by atoms with Crippen LogP contribution >= 0.6 is 0 Å². The van der Waals surface area contributed by atoms with E-state index in [1.54, 1.807) is 32.9 Å². The molecule has 2 rings (SSSR count). The number of carbonyl (C=O) groups excluding carboxylic acids is 2. The lowest BCUT2D eigenvalue weighted by Crippen LogP contribution is -2.37. The third-order valence-electron chi connectivity index (χ3n) is 3.25. The number of rotatable bonds is 6. The molecule has 1 aliphatic rings. The lowest BCUT2D eigenvalue weighted by Gasteiger charge is -2.19. The summed E-state index contributed by atoms with van der Waals surface area (Å²) in [5.74, 6) is 0.135. The van der Waals surface area contributed by atoms with Crippen molar-refractivity contribution in [3.63, 3.8) is 0 Å². The number of pyridine rings is 1. The largest absolute Gasteiger partial charge is 0.472 e. The summed E-state index contributed by atoms with van der Waals surface area (Å²) < 4.78 is 16.0. The van der Waals surface area contributed by atoms with Crippen molar-refractivity contribution >= 4 is 12.0 Å². The molecule has 0 aliphatic carbocycles. The first-order valence-electron chi connectivity index (χ1n) is 8.29. The van der Waals surface area contributed by atoms with Crippen molar-refractivity contribution < 1.29 is 23.8 Å². The molecule has 0 spiro atoms. The van der Waals surface area contributed by atoms with Gasteiger partial charge >= 0.3 is 6.09 Å². The molecule has 138 valence electrons. The van der Waals surface area contributed by atoms with Gasteiger partial charge in [0.25, 0.3) is 5.91 Å². The van der Waals surface area contributed by atoms with Crippen LogP contribution in [-0.4, -0.2) is 55.0 Å². The van der Waals surface area contributed by atoms with E-state index in [0.717, 1.165) is 6.42 Å². The Morgan fingerprint density at radius 1 is 1.32 bits per heavy atom. The minimum absolute atomic E-state index is 0.0242. The van der Waals surface area contributed by atoms with Gasteiger partial charge in [0.2, 0.25) is 5.88 Å². The Labute approximate surface area is 147 Å². The highest BCUT2D eigenvalue weighted by Gasteiger charge is 2.18. The number of nitrogens with one attached hydrogen (secondary N) is 2. The highest BCUT2D eigenvalue weighted by Crippen LogP contribution is 2.15. The Bertz CT molecular complexity index is 594. The minimum Gasteiger partial charge on any atom is -0.472 e. The fourth-order valence-electron chi connectivity index (χ4n) is 2.15. The van der Waals surface area contributed by atoms with Gasteiger partial charge in [0.1, 0.15) is 11.7 Å². The van der Waals surface area contributed by atoms with Gasteiger partial charge in [-0.1, -0.05) is 0 Å². The van der Waals surface area contributed by atoms with E-state index in [9.17, 15) is 9.59 Å². The average molecular weight is 351 g/mol. The summed E-state index contributed by atoms with van der Waals surface area (Å²) in [6, 6.07) is 3.20. The zero-order chi connectivity index (χ0) is 18.3. The van der Waals surface area contributed by atoms with Crippen LogP contribution in [0.4, 0.5) is 4.79 Å². The lowest BCUT2D eigenvalue weighted by molar-refractivity contribution is 0.0526. The van der Waals surface area contributed by atoms with E-state index < -0.39 is 11.7 Å². The van der Waals surface area contributed by atoms with E-state index >= 15 is 0 Å². The Morgan fingerprint density at radius 3 is 2.76 bits per heavy atom. The molecule has 0 bridgehead atoms. The Hall–Kier alpha value is -2.35. The Kier molecular flexibility index (Phi) is 6.58. The van der Waals surface area contributed by atoms with Gasteiger partial charge in [-0.15, -0.1) is 0 Å². The van der Waals surface area contributed by atoms with Crippen LogP contribution in [0.2, 0.25) is 0 Å². The van der Waals surface area contributed by atoms with Gasteiger partial charge in [0.15, 0.2) is 0 Å². The summed E-state index contributed by atoms with van der Waals surface area (Å²) in [6.07, 6.45) is 1.80. The van der Waals surface area contributed by atoms with E-state index in [4.69, 9.17) is 14.2 Å². The summed E-state index contributed by atoms with van der Waals surface area (Å²) in [7, 11) is 0. The van der Waals surface area contributed by atoms with Gasteiger partial charge in [-0.3, -0.25) is 4.79 Å². The fourth-order valence-corrected chi connectivity index (χ4v) is 2.15. The molecule has 8 nitrogen and oxygen atoms in total. The topological polar surface area (TPSA) is 98.8 Å². The summed E-state index contributed by atoms with van der Waals surface area (Å²) in [5, 5.41) is 5.30. The van der Waals surface area contributed by atoms with Crippen molar-refractivity contribution in [3.05, 3.63) is 23.9 Å². The number of carbonyl (C=O) groups is 2. The molecule has 1 atom stereocenters. The molecular formula is C17H25N3O5. The van der Waals surface area contributed by atoms with Crippen LogP contribution in [0.25, 0.3) is 0 Å². The molecule has 1 aromatic heterocycles. The molecule has 1 unspecified atom stereocenters. The van der Waals surface area contributed by atoms with Crippen LogP contribution in [0, 0.1) is 0 Å². The normalized spacial score (nSPS) is 17.0. The summed E-state index contributed by atoms with van der Waals surface area (Å²) in [4.78, 5) is 27.8. The van der Waals surface area contributed by atoms with E-state index in [1.165, 1.54) is 6.20 Å². The highest BCUT2D eigenvalue weighted by molar-refractivity contribution is 5.94. The van der Waals surface area contributed by atoms with E-state index in [2.05, 4.69) is 15.6 Å². The molecule has 2 heterocycles. The van der Waals surface area contributed by atoms with Crippen molar-refractivity contribution in [2.24, 2.45) is 0 Å². The number of nitrogens with zero attached hydrogens (tertiary/aromatic N) is 1. The second kappa shape index (κ2) is 8.66. The maximum atomic E-state index is 12.1. The zero-order valence-electron chi connectivity index (χ0n) is 14.8. The van der Waals surface area contributed by atoms with Gasteiger partial charge in [0.05, 0.1) is 13.2 Å². The average Bonchev–Trinajstić information content (AvgIpc) is 3.03. The third kappa shape index (κ3) is 6.96. The predicted octanol–water partition coefficient (Wildman–Crippen LogP) is 1.50. The van der Waals surface area contributed by atoms with Gasteiger partial charge < -0.3 is 24.8 Å². The van der Waals surface area contributed by atoms with Crippen molar-refractivity contribution in [2.75, 3.05) is 26.3 Å². The molecule has 2 N–H and O–H groups in total. The second-order valence-corrected chi connectivity index (χ2v) is 6.67. The van der Waals surface area contributed by atoms with Crippen molar-refractivity contribution in [3.8, 4) is 5.88 Å². The highest BCUT2D eigenvalue weighted by atomic mass is 16.6. The van der Waals surface area contributed by atoms with Crippen LogP contribution in [0.15, 0.2) is 18.3 Å². The molecule has 1 aliphatic heterocycles. The number of aromatic nitrogens is 1. The monoisotopic (exact) mass is 351 g/mol. The van der Waals surface area contributed by atoms with Crippen molar-refractivity contribution in [2.45, 2.75) is 38.9 Å². The zero-order valence-corrected chi connectivity index (χ0v) is 14.8. The molecular weight excluding hydrogens is 326 g/mol. The van der Waals surface area contributed by atoms with E-state index in [0.29, 0.717) is 24.7 Å². The minimum atomic E-state index is -0.550. The maximum Gasteiger partial charge on any atom is 0.407 e. The molecule has 1 fully saturated rings. The fraction of sp³-hybridized carbons (Fsp3) is 0.588. The predicted molar refractivity (Wildman–Crippen MR) is 90.7 cm³/mol. The molecule has 25 heavy (non-hydrogen) atoms. The van der Waals surface area contributed by atoms with Crippen molar-refractivity contribution in [1.82, 2.24) is 15.6 Å². The Morgan fingerprint density at radius 2 is 2.08 bits per heavy atom. The quantitative estimate of drug-likeness (QED) is 0.754. The molecule has 0 aromatic carbocycles. The third-order valence-corrected chi connectivity index (χ3v) is 3.25. The van der Waals surface area contributed by atoms with Crippen molar-refractivity contribution in [1.29, 1.82) is 0 Å². The number of ether oxygens (including phenoxy) is 3. The molecule has 8 heteroatoms. The number of alkyl carbamates (subject to hydrolysis) is 1. The van der Waals surface area contributed by atoms with Crippen LogP contribution in [-0.2, 0) is 9.47 Å². The smallest absolute Gasteiger partial charge is 0.407 e. The maximum absolute atomic E-state index is 12.1. The van der Waals surface area contributed by atoms with Gasteiger partial charge in [-0.2, -0.15) is 0 Å². The lowest BCUT2D eigenvalue weighted by atomic mass is 10.2. The SMILES string of the molecule is CC(C)(C)OC(=O)NCCNC(=O)c1ccnc(OC2CCOC2)c1. The number of hydrogen-bond donors (Lipinski definition) is 2. The summed E-state index contributed by atoms with van der Waals surface area (Å²) >= 11 is 0. The van der Waals surface area contributed by atoms with Gasteiger partial charge in [-0.25, -0.2) is 9.78 Å². The Balaban J connectivity index is 1.74. The second-order valence-electron chi connectivity index (χ2n) is 6.67. The number of hydrogen-bond acceptors (Lipinski definition) is 6. The standard InChI is InChI=1S/C17H25N3O5/c1-17(2,3)25-16(22)20-8-7-19-15(21)12-4-6-18-14(10-12)24-13-5-9-23-11-13/h4,6,10,13H,5,7-9,11H2,1-3H3,(H,19,21)(H,20,22). The van der Waals surface area contributed by atoms with Crippen LogP contribution < -0.4 is 15.4 Å². The molecule has 0 saturated carbocycles. The molecule has 1 saturated heterocycles. The van der Waals surface area contributed by atoms with Crippen LogP contribution in [0.5, 0.6) is 5.88 Å². The summed E-state index contributed by atoms with van der Waals surface area (Å²) in [5.41, 5.74) is -0.105. The van der Waals surface area contributed by atoms with Gasteiger partial charge in [0, 0.05) is 37.3 Å². The first-order chi connectivity index (χ1) is 11.8. The first kappa shape index (κ1) is 19.0. The van der Waals surface area contributed by atoms with E-state index in [1.807, 2.05) is 0 Å². The summed E-state index contributed by atoms with van der Waals surface area (Å²) in [6.45, 7) is 7.13. The molecule has 2 amide bonds. The van der Waals surface area contributed by atoms with E-state index in [-0.39, 0.29) is 25.1 Å².